The molecule has 0 fully saturated rings. The Morgan fingerprint density at radius 1 is 1.35 bits per heavy atom. The van der Waals surface area contributed by atoms with E-state index in [1.807, 2.05) is 37.3 Å². The van der Waals surface area contributed by atoms with E-state index in [1.165, 1.54) is 0 Å². The van der Waals surface area contributed by atoms with Crippen LogP contribution in [-0.4, -0.2) is 16.1 Å². The molecule has 0 saturated heterocycles. The van der Waals surface area contributed by atoms with Crippen molar-refractivity contribution >= 4 is 5.82 Å². The summed E-state index contributed by atoms with van der Waals surface area (Å²) in [6, 6.07) is 9.62. The topological polar surface area (TPSA) is 72.9 Å². The molecular formula is C15H20N4O. The van der Waals surface area contributed by atoms with Gasteiger partial charge in [0.25, 0.3) is 5.56 Å². The minimum absolute atomic E-state index is 0.102. The lowest BCUT2D eigenvalue weighted by Crippen LogP contribution is -2.28. The van der Waals surface area contributed by atoms with Crippen molar-refractivity contribution < 1.29 is 0 Å². The number of aromatic nitrogens is 2. The maximum Gasteiger partial charge on any atom is 0.293 e. The van der Waals surface area contributed by atoms with Crippen LogP contribution in [0.4, 0.5) is 5.82 Å². The maximum absolute atomic E-state index is 12.1. The van der Waals surface area contributed by atoms with Crippen molar-refractivity contribution in [1.82, 2.24) is 9.55 Å². The maximum atomic E-state index is 12.1. The summed E-state index contributed by atoms with van der Waals surface area (Å²) < 4.78 is 1.66. The van der Waals surface area contributed by atoms with Gasteiger partial charge in [0, 0.05) is 31.5 Å². The highest BCUT2D eigenvalue weighted by Gasteiger charge is 2.08. The first-order valence-corrected chi connectivity index (χ1v) is 6.82. The van der Waals surface area contributed by atoms with Crippen LogP contribution in [0.2, 0.25) is 0 Å². The molecule has 5 heteroatoms. The van der Waals surface area contributed by atoms with E-state index in [4.69, 9.17) is 5.73 Å². The van der Waals surface area contributed by atoms with Crippen molar-refractivity contribution in [3.8, 4) is 0 Å². The van der Waals surface area contributed by atoms with Crippen LogP contribution < -0.4 is 16.6 Å². The molecule has 0 radical (unpaired) electrons. The molecule has 0 amide bonds. The number of nitrogens with one attached hydrogen (secondary N) is 1. The van der Waals surface area contributed by atoms with Crippen LogP contribution in [0.5, 0.6) is 0 Å². The largest absolute Gasteiger partial charge is 0.364 e. The Hall–Kier alpha value is -2.14. The van der Waals surface area contributed by atoms with Gasteiger partial charge in [-0.3, -0.25) is 4.79 Å². The van der Waals surface area contributed by atoms with E-state index < -0.39 is 0 Å². The van der Waals surface area contributed by atoms with E-state index in [2.05, 4.69) is 10.3 Å². The van der Waals surface area contributed by atoms with Gasteiger partial charge in [-0.2, -0.15) is 0 Å². The highest BCUT2D eigenvalue weighted by atomic mass is 16.1. The highest BCUT2D eigenvalue weighted by molar-refractivity contribution is 5.32. The molecule has 106 valence electrons. The van der Waals surface area contributed by atoms with Gasteiger partial charge in [-0.1, -0.05) is 37.3 Å². The number of nitrogens with two attached hydrogens (primary N) is 1. The normalized spacial score (nSPS) is 12.1. The van der Waals surface area contributed by atoms with Gasteiger partial charge in [0.1, 0.15) is 0 Å². The van der Waals surface area contributed by atoms with E-state index in [0.717, 1.165) is 12.0 Å². The molecule has 3 N–H and O–H groups in total. The number of hydrogen-bond donors (Lipinski definition) is 2. The molecule has 1 aromatic carbocycles. The third-order valence-corrected chi connectivity index (χ3v) is 3.10. The summed E-state index contributed by atoms with van der Waals surface area (Å²) in [5, 5.41) is 3.04. The van der Waals surface area contributed by atoms with Gasteiger partial charge in [-0.25, -0.2) is 4.98 Å². The van der Waals surface area contributed by atoms with Gasteiger partial charge in [-0.05, 0) is 12.0 Å². The number of aryl methyl sites for hydroxylation is 1. The molecule has 1 unspecified atom stereocenters. The third-order valence-electron chi connectivity index (χ3n) is 3.10. The molecule has 1 aromatic heterocycles. The van der Waals surface area contributed by atoms with E-state index in [1.54, 1.807) is 17.0 Å². The van der Waals surface area contributed by atoms with E-state index in [0.29, 0.717) is 18.9 Å². The SMILES string of the molecule is CCCn1ccnc(NCC(N)c2ccccc2)c1=O. The summed E-state index contributed by atoms with van der Waals surface area (Å²) in [4.78, 5) is 16.2. The fraction of sp³-hybridized carbons (Fsp3) is 0.333. The van der Waals surface area contributed by atoms with Crippen LogP contribution in [0.15, 0.2) is 47.5 Å². The molecule has 5 nitrogen and oxygen atoms in total. The molecule has 0 bridgehead atoms. The quantitative estimate of drug-likeness (QED) is 0.840. The summed E-state index contributed by atoms with van der Waals surface area (Å²) in [5.74, 6) is 0.354. The van der Waals surface area contributed by atoms with E-state index in [-0.39, 0.29) is 11.6 Å². The molecular weight excluding hydrogens is 252 g/mol. The molecule has 2 aromatic rings. The van der Waals surface area contributed by atoms with Gasteiger partial charge in [0.15, 0.2) is 5.82 Å². The summed E-state index contributed by atoms with van der Waals surface area (Å²) in [6.07, 6.45) is 4.24. The highest BCUT2D eigenvalue weighted by Crippen LogP contribution is 2.09. The minimum Gasteiger partial charge on any atom is -0.364 e. The van der Waals surface area contributed by atoms with Gasteiger partial charge in [-0.15, -0.1) is 0 Å². The summed E-state index contributed by atoms with van der Waals surface area (Å²) >= 11 is 0. The lowest BCUT2D eigenvalue weighted by atomic mass is 10.1. The molecule has 20 heavy (non-hydrogen) atoms. The van der Waals surface area contributed by atoms with Crippen LogP contribution in [0, 0.1) is 0 Å². The van der Waals surface area contributed by atoms with Gasteiger partial charge in [0.05, 0.1) is 0 Å². The number of hydrogen-bond acceptors (Lipinski definition) is 4. The zero-order valence-electron chi connectivity index (χ0n) is 11.6. The summed E-state index contributed by atoms with van der Waals surface area (Å²) in [7, 11) is 0. The van der Waals surface area contributed by atoms with Crippen molar-refractivity contribution in [2.75, 3.05) is 11.9 Å². The molecule has 0 aliphatic heterocycles. The Morgan fingerprint density at radius 2 is 2.10 bits per heavy atom. The standard InChI is InChI=1S/C15H20N4O/c1-2-9-19-10-8-17-14(15(19)20)18-11-13(16)12-6-4-3-5-7-12/h3-8,10,13H,2,9,11,16H2,1H3,(H,17,18). The van der Waals surface area contributed by atoms with Crippen LogP contribution in [0.3, 0.4) is 0 Å². The van der Waals surface area contributed by atoms with E-state index in [9.17, 15) is 4.79 Å². The molecule has 2 rings (SSSR count). The van der Waals surface area contributed by atoms with Crippen LogP contribution in [0.1, 0.15) is 24.9 Å². The zero-order chi connectivity index (χ0) is 14.4. The molecule has 1 atom stereocenters. The van der Waals surface area contributed by atoms with Crippen molar-refractivity contribution in [2.24, 2.45) is 5.73 Å². The molecule has 0 saturated carbocycles. The number of anilines is 1. The fourth-order valence-corrected chi connectivity index (χ4v) is 2.01. The van der Waals surface area contributed by atoms with Crippen molar-refractivity contribution in [3.63, 3.8) is 0 Å². The van der Waals surface area contributed by atoms with Gasteiger partial charge >= 0.3 is 0 Å². The first-order chi connectivity index (χ1) is 9.72. The van der Waals surface area contributed by atoms with Crippen molar-refractivity contribution in [3.05, 3.63) is 58.6 Å². The first-order valence-electron chi connectivity index (χ1n) is 6.82. The summed E-state index contributed by atoms with van der Waals surface area (Å²) in [6.45, 7) is 3.20. The average molecular weight is 272 g/mol. The predicted octanol–water partition coefficient (Wildman–Crippen LogP) is 1.77. The van der Waals surface area contributed by atoms with Gasteiger partial charge < -0.3 is 15.6 Å². The zero-order valence-corrected chi connectivity index (χ0v) is 11.6. The second kappa shape index (κ2) is 6.86. The Labute approximate surface area is 118 Å². The Morgan fingerprint density at radius 3 is 2.80 bits per heavy atom. The Balaban J connectivity index is 2.04. The monoisotopic (exact) mass is 272 g/mol. The van der Waals surface area contributed by atoms with Crippen LogP contribution >= 0.6 is 0 Å². The number of benzene rings is 1. The van der Waals surface area contributed by atoms with Gasteiger partial charge in [0.2, 0.25) is 0 Å². The Kier molecular flexibility index (Phi) is 4.90. The molecule has 0 spiro atoms. The lowest BCUT2D eigenvalue weighted by Gasteiger charge is -2.13. The minimum atomic E-state index is -0.169. The fourth-order valence-electron chi connectivity index (χ4n) is 2.01. The van der Waals surface area contributed by atoms with Crippen molar-refractivity contribution in [1.29, 1.82) is 0 Å². The molecule has 0 aliphatic rings. The predicted molar refractivity (Wildman–Crippen MR) is 80.6 cm³/mol. The lowest BCUT2D eigenvalue weighted by molar-refractivity contribution is 0.648. The number of rotatable bonds is 6. The third kappa shape index (κ3) is 3.45. The molecule has 0 aliphatic carbocycles. The average Bonchev–Trinajstić information content (AvgIpc) is 2.49. The second-order valence-electron chi connectivity index (χ2n) is 4.67. The van der Waals surface area contributed by atoms with Crippen LogP contribution in [0.25, 0.3) is 0 Å². The second-order valence-corrected chi connectivity index (χ2v) is 4.67. The van der Waals surface area contributed by atoms with Crippen LogP contribution in [-0.2, 0) is 6.54 Å². The number of nitrogens with zero attached hydrogens (tertiary/aromatic N) is 2. The first kappa shape index (κ1) is 14.3. The van der Waals surface area contributed by atoms with Crippen molar-refractivity contribution in [2.45, 2.75) is 25.9 Å². The molecule has 1 heterocycles. The summed E-state index contributed by atoms with van der Waals surface area (Å²) in [5.41, 5.74) is 7.02. The van der Waals surface area contributed by atoms with E-state index >= 15 is 0 Å². The Bertz CT molecular complexity index is 594. The smallest absolute Gasteiger partial charge is 0.293 e.